The topological polar surface area (TPSA) is 104 Å². The molecule has 8 nitrogen and oxygen atoms in total. The third kappa shape index (κ3) is 6.10. The van der Waals surface area contributed by atoms with E-state index in [0.29, 0.717) is 29.7 Å². The van der Waals surface area contributed by atoms with E-state index in [1.165, 1.54) is 28.8 Å². The van der Waals surface area contributed by atoms with Gasteiger partial charge in [-0.2, -0.15) is 9.41 Å². The summed E-state index contributed by atoms with van der Waals surface area (Å²) in [6.07, 6.45) is 3.11. The molecule has 1 aromatic heterocycles. The average molecular weight is 489 g/mol. The van der Waals surface area contributed by atoms with Crippen LogP contribution in [-0.4, -0.2) is 49.2 Å². The summed E-state index contributed by atoms with van der Waals surface area (Å²) in [7, 11) is -2.08. The van der Waals surface area contributed by atoms with Crippen molar-refractivity contribution in [3.8, 4) is 22.8 Å². The van der Waals surface area contributed by atoms with Gasteiger partial charge in [-0.05, 0) is 48.7 Å². The number of nitrogens with zero attached hydrogens (tertiary/aromatic N) is 3. The Bertz CT molecular complexity index is 1200. The Kier molecular flexibility index (Phi) is 8.43. The molecule has 1 heterocycles. The van der Waals surface area contributed by atoms with Gasteiger partial charge in [0.2, 0.25) is 15.2 Å². The molecule has 0 bridgehead atoms. The van der Waals surface area contributed by atoms with Crippen LogP contribution in [0.15, 0.2) is 57.8 Å². The minimum Gasteiger partial charge on any atom is -0.504 e. The molecule has 0 atom stereocenters. The Morgan fingerprint density at radius 2 is 1.94 bits per heavy atom. The molecule has 2 aromatic carbocycles. The number of hydrogen-bond acceptors (Lipinski definition) is 8. The molecule has 0 saturated carbocycles. The van der Waals surface area contributed by atoms with Crippen LogP contribution in [0.1, 0.15) is 32.3 Å². The number of hydrogen-bond donors (Lipinski definition) is 2. The number of anilines is 1. The quantitative estimate of drug-likeness (QED) is 0.297. The van der Waals surface area contributed by atoms with Gasteiger partial charge in [-0.1, -0.05) is 26.0 Å². The molecule has 0 aliphatic rings. The molecule has 10 heteroatoms. The first-order chi connectivity index (χ1) is 15.9. The van der Waals surface area contributed by atoms with E-state index < -0.39 is 10.0 Å². The van der Waals surface area contributed by atoms with Crippen LogP contribution in [0.4, 0.5) is 5.13 Å². The number of phenolic OH excluding ortho intramolecular Hbond substituents is 1. The van der Waals surface area contributed by atoms with Gasteiger partial charge in [-0.15, -0.1) is 11.3 Å². The van der Waals surface area contributed by atoms with Crippen molar-refractivity contribution in [3.05, 3.63) is 53.4 Å². The number of sulfonamides is 1. The lowest BCUT2D eigenvalue weighted by Crippen LogP contribution is -2.32. The molecule has 3 rings (SSSR count). The second-order valence-corrected chi connectivity index (χ2v) is 10.1. The van der Waals surface area contributed by atoms with Crippen molar-refractivity contribution >= 4 is 32.7 Å². The highest BCUT2D eigenvalue weighted by atomic mass is 32.2. The molecular weight excluding hydrogens is 460 g/mol. The summed E-state index contributed by atoms with van der Waals surface area (Å²) in [5.41, 5.74) is 5.01. The zero-order chi connectivity index (χ0) is 23.8. The third-order valence-corrected chi connectivity index (χ3v) is 7.44. The number of aromatic hydroxyl groups is 1. The maximum atomic E-state index is 13.1. The van der Waals surface area contributed by atoms with Gasteiger partial charge < -0.3 is 9.84 Å². The molecule has 0 aliphatic heterocycles. The highest BCUT2D eigenvalue weighted by Crippen LogP contribution is 2.28. The van der Waals surface area contributed by atoms with Crippen LogP contribution in [0.2, 0.25) is 0 Å². The predicted octanol–water partition coefficient (Wildman–Crippen LogP) is 4.78. The van der Waals surface area contributed by atoms with Crippen molar-refractivity contribution < 1.29 is 18.3 Å². The first kappa shape index (κ1) is 24.7. The summed E-state index contributed by atoms with van der Waals surface area (Å²) in [6.45, 7) is 4.93. The van der Waals surface area contributed by atoms with E-state index in [-0.39, 0.29) is 10.6 Å². The minimum absolute atomic E-state index is 0.0592. The second kappa shape index (κ2) is 11.3. The number of nitrogens with one attached hydrogen (secondary N) is 1. The van der Waals surface area contributed by atoms with Crippen LogP contribution in [0.3, 0.4) is 0 Å². The summed E-state index contributed by atoms with van der Waals surface area (Å²) in [4.78, 5) is 4.79. The normalized spacial score (nSPS) is 11.9. The van der Waals surface area contributed by atoms with E-state index in [0.717, 1.165) is 24.0 Å². The van der Waals surface area contributed by atoms with Crippen LogP contribution in [0, 0.1) is 0 Å². The SMILES string of the molecule is CCCN(CCC)S(=O)(=O)c1cccc(-c2csc(N/N=C/c3ccc(O)c(OC)c3)n2)c1. The molecule has 176 valence electrons. The summed E-state index contributed by atoms with van der Waals surface area (Å²) in [5.74, 6) is 0.422. The highest BCUT2D eigenvalue weighted by Gasteiger charge is 2.23. The fraction of sp³-hybridized carbons (Fsp3) is 0.304. The highest BCUT2D eigenvalue weighted by molar-refractivity contribution is 7.89. The number of phenols is 1. The zero-order valence-electron chi connectivity index (χ0n) is 18.9. The lowest BCUT2D eigenvalue weighted by atomic mass is 10.2. The van der Waals surface area contributed by atoms with Gasteiger partial charge in [0.1, 0.15) is 0 Å². The van der Waals surface area contributed by atoms with Gasteiger partial charge in [0.15, 0.2) is 11.5 Å². The molecule has 3 aromatic rings. The number of ether oxygens (including phenoxy) is 1. The van der Waals surface area contributed by atoms with Crippen molar-refractivity contribution in [2.45, 2.75) is 31.6 Å². The van der Waals surface area contributed by atoms with Gasteiger partial charge in [0.25, 0.3) is 0 Å². The molecule has 2 N–H and O–H groups in total. The Hall–Kier alpha value is -2.95. The molecule has 0 fully saturated rings. The molecule has 0 unspecified atom stereocenters. The summed E-state index contributed by atoms with van der Waals surface area (Å²) in [5, 5.41) is 16.3. The van der Waals surface area contributed by atoms with E-state index in [9.17, 15) is 13.5 Å². The third-order valence-electron chi connectivity index (χ3n) is 4.80. The Morgan fingerprint density at radius 1 is 1.18 bits per heavy atom. The molecule has 0 saturated heterocycles. The zero-order valence-corrected chi connectivity index (χ0v) is 20.5. The fourth-order valence-corrected chi connectivity index (χ4v) is 5.55. The number of aromatic nitrogens is 1. The lowest BCUT2D eigenvalue weighted by Gasteiger charge is -2.21. The maximum absolute atomic E-state index is 13.1. The average Bonchev–Trinajstić information content (AvgIpc) is 3.29. The van der Waals surface area contributed by atoms with Crippen molar-refractivity contribution in [1.29, 1.82) is 0 Å². The van der Waals surface area contributed by atoms with Crippen LogP contribution in [-0.2, 0) is 10.0 Å². The number of rotatable bonds is 11. The first-order valence-electron chi connectivity index (χ1n) is 10.6. The summed E-state index contributed by atoms with van der Waals surface area (Å²) in [6, 6.07) is 11.8. The van der Waals surface area contributed by atoms with Gasteiger partial charge in [0, 0.05) is 24.0 Å². The van der Waals surface area contributed by atoms with E-state index >= 15 is 0 Å². The van der Waals surface area contributed by atoms with Gasteiger partial charge in [-0.25, -0.2) is 13.4 Å². The van der Waals surface area contributed by atoms with E-state index in [4.69, 9.17) is 4.74 Å². The molecule has 0 aliphatic carbocycles. The largest absolute Gasteiger partial charge is 0.504 e. The van der Waals surface area contributed by atoms with Crippen molar-refractivity contribution in [2.24, 2.45) is 5.10 Å². The number of methoxy groups -OCH3 is 1. The smallest absolute Gasteiger partial charge is 0.243 e. The molecule has 33 heavy (non-hydrogen) atoms. The lowest BCUT2D eigenvalue weighted by molar-refractivity contribution is 0.373. The van der Waals surface area contributed by atoms with Gasteiger partial charge >= 0.3 is 0 Å². The fourth-order valence-electron chi connectivity index (χ4n) is 3.21. The number of hydrazone groups is 1. The molecular formula is C23H28N4O4S2. The predicted molar refractivity (Wildman–Crippen MR) is 133 cm³/mol. The monoisotopic (exact) mass is 488 g/mol. The van der Waals surface area contributed by atoms with Crippen molar-refractivity contribution in [1.82, 2.24) is 9.29 Å². The van der Waals surface area contributed by atoms with E-state index in [1.807, 2.05) is 25.3 Å². The standard InChI is InChI=1S/C23H28N4O4S2/c1-4-11-27(12-5-2)33(29,30)19-8-6-7-18(14-19)20-16-32-23(25-20)26-24-15-17-9-10-21(28)22(13-17)31-3/h6-10,13-16,28H,4-5,11-12H2,1-3H3,(H,25,26)/b24-15+. The van der Waals surface area contributed by atoms with Crippen LogP contribution >= 0.6 is 11.3 Å². The maximum Gasteiger partial charge on any atom is 0.243 e. The molecule has 0 amide bonds. The Labute approximate surface area is 198 Å². The second-order valence-electron chi connectivity index (χ2n) is 7.27. The van der Waals surface area contributed by atoms with Crippen molar-refractivity contribution in [2.75, 3.05) is 25.6 Å². The van der Waals surface area contributed by atoms with Crippen LogP contribution in [0.25, 0.3) is 11.3 Å². The summed E-state index contributed by atoms with van der Waals surface area (Å²) >= 11 is 1.37. The van der Waals surface area contributed by atoms with Gasteiger partial charge in [-0.3, -0.25) is 5.43 Å². The molecule has 0 spiro atoms. The van der Waals surface area contributed by atoms with Crippen molar-refractivity contribution in [3.63, 3.8) is 0 Å². The molecule has 0 radical (unpaired) electrons. The van der Waals surface area contributed by atoms with E-state index in [1.54, 1.807) is 36.5 Å². The van der Waals surface area contributed by atoms with Gasteiger partial charge in [0.05, 0.1) is 23.9 Å². The summed E-state index contributed by atoms with van der Waals surface area (Å²) < 4.78 is 32.8. The number of benzene rings is 2. The van der Waals surface area contributed by atoms with Crippen LogP contribution < -0.4 is 10.2 Å². The Morgan fingerprint density at radius 3 is 2.64 bits per heavy atom. The Balaban J connectivity index is 1.75. The van der Waals surface area contributed by atoms with E-state index in [2.05, 4.69) is 15.5 Å². The number of thiazole rings is 1. The van der Waals surface area contributed by atoms with Crippen LogP contribution in [0.5, 0.6) is 11.5 Å². The first-order valence-corrected chi connectivity index (χ1v) is 12.9. The minimum atomic E-state index is -3.56.